The van der Waals surface area contributed by atoms with Gasteiger partial charge in [0.15, 0.2) is 0 Å². The number of pyridine rings is 6. The van der Waals surface area contributed by atoms with Crippen molar-refractivity contribution in [2.45, 2.75) is 197 Å². The fraction of sp³-hybridized carbons (Fsp3) is 0.469. The summed E-state index contributed by atoms with van der Waals surface area (Å²) in [5.74, 6) is -1.14. The molecule has 0 radical (unpaired) electrons. The molecule has 6 heterocycles. The number of hydrogen-bond donors (Lipinski definition) is 0. The van der Waals surface area contributed by atoms with E-state index in [4.69, 9.17) is 58.3 Å². The van der Waals surface area contributed by atoms with Crippen molar-refractivity contribution in [2.75, 3.05) is 0 Å². The SMILES string of the molecule is Cc1cc(CCC(=O)OC(C)(C)C)cc(-c2cc(CCC(=O)OC(C)(C)C)cc(COCc3cccc(-c4cccc(COCc5cc(CCC(=O)OC(C)(C)C)cc(-c6cc(CCC(=O)OC(C)(C)C)cc(C)n6)n5)n4)n3)n2)n1. The van der Waals surface area contributed by atoms with E-state index in [1.54, 1.807) is 0 Å². The molecule has 0 aliphatic heterocycles. The van der Waals surface area contributed by atoms with Crippen LogP contribution in [0.5, 0.6) is 0 Å². The molecule has 6 rings (SSSR count). The lowest BCUT2D eigenvalue weighted by molar-refractivity contribution is -0.155. The number of nitrogens with zero attached hydrogens (tertiary/aromatic N) is 6. The first-order chi connectivity index (χ1) is 37.5. The molecule has 0 aliphatic rings. The van der Waals surface area contributed by atoms with Crippen LogP contribution < -0.4 is 0 Å². The molecule has 6 aromatic heterocycles. The van der Waals surface area contributed by atoms with Crippen LogP contribution in [0.4, 0.5) is 0 Å². The minimum absolute atomic E-state index is 0.156. The first kappa shape index (κ1) is 61.9. The zero-order valence-electron chi connectivity index (χ0n) is 49.3. The van der Waals surface area contributed by atoms with Gasteiger partial charge in [0.05, 0.1) is 83.4 Å². The van der Waals surface area contributed by atoms with Crippen molar-refractivity contribution >= 4 is 23.9 Å². The Morgan fingerprint density at radius 1 is 0.338 bits per heavy atom. The van der Waals surface area contributed by atoms with Crippen molar-refractivity contribution in [2.24, 2.45) is 0 Å². The zero-order valence-corrected chi connectivity index (χ0v) is 49.3. The molecule has 0 aromatic carbocycles. The summed E-state index contributed by atoms with van der Waals surface area (Å²) in [6, 6.07) is 26.9. The molecule has 0 N–H and O–H groups in total. The Labute approximate surface area is 472 Å². The van der Waals surface area contributed by atoms with E-state index in [9.17, 15) is 19.2 Å². The summed E-state index contributed by atoms with van der Waals surface area (Å²) in [6.07, 6.45) is 2.61. The molecule has 0 bridgehead atoms. The highest BCUT2D eigenvalue weighted by Gasteiger charge is 2.21. The molecule has 0 saturated heterocycles. The van der Waals surface area contributed by atoms with Crippen LogP contribution in [0.2, 0.25) is 0 Å². The first-order valence-electron chi connectivity index (χ1n) is 27.4. The molecule has 0 aliphatic carbocycles. The predicted octanol–water partition coefficient (Wildman–Crippen LogP) is 12.2. The normalized spacial score (nSPS) is 12.0. The number of carbonyl (C=O) groups excluding carboxylic acids is 4. The summed E-state index contributed by atoms with van der Waals surface area (Å²) in [7, 11) is 0. The first-order valence-corrected chi connectivity index (χ1v) is 27.4. The zero-order chi connectivity index (χ0) is 58.4. The van der Waals surface area contributed by atoms with E-state index in [0.29, 0.717) is 82.6 Å². The number of esters is 4. The number of ether oxygens (including phenoxy) is 6. The molecule has 0 atom stereocenters. The van der Waals surface area contributed by atoms with Gasteiger partial charge in [0, 0.05) is 37.1 Å². The van der Waals surface area contributed by atoms with Gasteiger partial charge in [0.2, 0.25) is 0 Å². The van der Waals surface area contributed by atoms with Crippen molar-refractivity contribution in [3.05, 3.63) is 141 Å². The van der Waals surface area contributed by atoms with E-state index in [0.717, 1.165) is 33.6 Å². The molecule has 80 heavy (non-hydrogen) atoms. The van der Waals surface area contributed by atoms with Crippen LogP contribution in [-0.2, 0) is 99.7 Å². The number of rotatable bonds is 23. The lowest BCUT2D eigenvalue weighted by Gasteiger charge is -2.19. The Balaban J connectivity index is 1.14. The van der Waals surface area contributed by atoms with Gasteiger partial charge < -0.3 is 28.4 Å². The van der Waals surface area contributed by atoms with Gasteiger partial charge in [-0.15, -0.1) is 0 Å². The van der Waals surface area contributed by atoms with Gasteiger partial charge in [-0.1, -0.05) is 12.1 Å². The summed E-state index contributed by atoms with van der Waals surface area (Å²) in [5, 5.41) is 0. The molecule has 0 saturated carbocycles. The largest absolute Gasteiger partial charge is 0.460 e. The van der Waals surface area contributed by atoms with Crippen molar-refractivity contribution in [3.8, 4) is 34.2 Å². The average molecular weight is 1090 g/mol. The topological polar surface area (TPSA) is 201 Å². The minimum Gasteiger partial charge on any atom is -0.460 e. The maximum atomic E-state index is 12.8. The highest BCUT2D eigenvalue weighted by Crippen LogP contribution is 2.26. The summed E-state index contributed by atoms with van der Waals surface area (Å²) in [5.41, 5.74) is 9.35. The van der Waals surface area contributed by atoms with Gasteiger partial charge in [0.1, 0.15) is 22.4 Å². The third kappa shape index (κ3) is 22.1. The van der Waals surface area contributed by atoms with Gasteiger partial charge in [-0.2, -0.15) is 0 Å². The Kier molecular flexibility index (Phi) is 21.1. The summed E-state index contributed by atoms with van der Waals surface area (Å²) >= 11 is 0. The monoisotopic (exact) mass is 1090 g/mol. The third-order valence-corrected chi connectivity index (χ3v) is 11.5. The van der Waals surface area contributed by atoms with E-state index in [-0.39, 0.29) is 76.0 Å². The minimum atomic E-state index is -0.604. The molecule has 426 valence electrons. The highest BCUT2D eigenvalue weighted by molar-refractivity contribution is 5.72. The van der Waals surface area contributed by atoms with Crippen LogP contribution in [-0.4, -0.2) is 76.2 Å². The maximum absolute atomic E-state index is 12.8. The van der Waals surface area contributed by atoms with Gasteiger partial charge in [-0.3, -0.25) is 29.1 Å². The Morgan fingerprint density at radius 2 is 0.600 bits per heavy atom. The fourth-order valence-electron chi connectivity index (χ4n) is 8.51. The Hall–Kier alpha value is -7.30. The quantitative estimate of drug-likeness (QED) is 0.0433. The smallest absolute Gasteiger partial charge is 0.306 e. The van der Waals surface area contributed by atoms with Crippen LogP contribution in [0, 0.1) is 13.8 Å². The second kappa shape index (κ2) is 27.2. The van der Waals surface area contributed by atoms with Crippen LogP contribution in [0.15, 0.2) is 84.9 Å². The molecular weight excluding hydrogens is 1010 g/mol. The Bertz CT molecular complexity index is 2920. The average Bonchev–Trinajstić information content (AvgIpc) is 3.37. The van der Waals surface area contributed by atoms with Crippen molar-refractivity contribution in [3.63, 3.8) is 0 Å². The predicted molar refractivity (Wildman–Crippen MR) is 306 cm³/mol. The van der Waals surface area contributed by atoms with Gasteiger partial charge in [-0.05, 0) is 218 Å². The lowest BCUT2D eigenvalue weighted by atomic mass is 10.0. The molecule has 16 heteroatoms. The van der Waals surface area contributed by atoms with E-state index in [1.165, 1.54) is 0 Å². The van der Waals surface area contributed by atoms with Gasteiger partial charge >= 0.3 is 23.9 Å². The van der Waals surface area contributed by atoms with E-state index in [1.807, 2.05) is 182 Å². The molecule has 6 aromatic rings. The molecular formula is C64H80N6O10. The van der Waals surface area contributed by atoms with Crippen LogP contribution in [0.1, 0.15) is 165 Å². The molecule has 16 nitrogen and oxygen atoms in total. The summed E-state index contributed by atoms with van der Waals surface area (Å²) in [4.78, 5) is 80.1. The van der Waals surface area contributed by atoms with Crippen LogP contribution >= 0.6 is 0 Å². The fourth-order valence-corrected chi connectivity index (χ4v) is 8.51. The molecule has 0 unspecified atom stereocenters. The standard InChI is InChI=1S/C64H80N6O10/c1-41-29-43(21-25-57(71)77-61(3,4)5)33-53(65-41)55-35-45(23-27-59(73)79-63(9,10)11)31-49(69-55)39-75-37-47-17-15-19-51(67-47)52-20-16-18-48(68-52)38-76-40-50-32-46(24-28-60(74)80-64(12,13)14)36-56(70-50)54-34-44(30-42(2)66-54)22-26-58(72)78-62(6,7)8/h15-20,29-36H,21-28,37-40H2,1-14H3. The van der Waals surface area contributed by atoms with E-state index in [2.05, 4.69) is 0 Å². The third-order valence-electron chi connectivity index (χ3n) is 11.5. The van der Waals surface area contributed by atoms with Crippen LogP contribution in [0.25, 0.3) is 34.2 Å². The van der Waals surface area contributed by atoms with E-state index >= 15 is 0 Å². The molecule has 0 amide bonds. The van der Waals surface area contributed by atoms with Gasteiger partial charge in [-0.25, -0.2) is 19.9 Å². The summed E-state index contributed by atoms with van der Waals surface area (Å²) < 4.78 is 34.8. The highest BCUT2D eigenvalue weighted by atomic mass is 16.6. The van der Waals surface area contributed by atoms with Crippen LogP contribution in [0.3, 0.4) is 0 Å². The van der Waals surface area contributed by atoms with E-state index < -0.39 is 22.4 Å². The lowest BCUT2D eigenvalue weighted by Crippen LogP contribution is -2.24. The summed E-state index contributed by atoms with van der Waals surface area (Å²) in [6.45, 7) is 26.7. The van der Waals surface area contributed by atoms with Crippen molar-refractivity contribution in [1.29, 1.82) is 0 Å². The molecule has 0 spiro atoms. The number of aromatic nitrogens is 6. The molecule has 0 fully saturated rings. The number of hydrogen-bond acceptors (Lipinski definition) is 16. The second-order valence-electron chi connectivity index (χ2n) is 24.1. The number of carbonyl (C=O) groups is 4. The van der Waals surface area contributed by atoms with Gasteiger partial charge in [0.25, 0.3) is 0 Å². The Morgan fingerprint density at radius 3 is 0.900 bits per heavy atom. The number of aryl methyl sites for hydroxylation is 6. The van der Waals surface area contributed by atoms with Crippen molar-refractivity contribution < 1.29 is 47.6 Å². The maximum Gasteiger partial charge on any atom is 0.306 e. The second-order valence-corrected chi connectivity index (χ2v) is 24.1. The van der Waals surface area contributed by atoms with Crippen molar-refractivity contribution in [1.82, 2.24) is 29.9 Å².